The van der Waals surface area contributed by atoms with Gasteiger partial charge in [-0.2, -0.15) is 0 Å². The lowest BCUT2D eigenvalue weighted by Gasteiger charge is -2.01. The third-order valence-electron chi connectivity index (χ3n) is 3.16. The largest absolute Gasteiger partial charge is 0.488 e. The molecule has 0 saturated carbocycles. The van der Waals surface area contributed by atoms with Gasteiger partial charge in [-0.15, -0.1) is 11.3 Å². The molecule has 0 unspecified atom stereocenters. The van der Waals surface area contributed by atoms with Gasteiger partial charge in [0.1, 0.15) is 0 Å². The molecule has 0 amide bonds. The maximum Gasteiger partial charge on any atom is 0.488 e. The van der Waals surface area contributed by atoms with Gasteiger partial charge in [-0.25, -0.2) is 0 Å². The van der Waals surface area contributed by atoms with Crippen LogP contribution in [0.1, 0.15) is 0 Å². The molecule has 20 heavy (non-hydrogen) atoms. The van der Waals surface area contributed by atoms with Crippen LogP contribution in [0.3, 0.4) is 0 Å². The summed E-state index contributed by atoms with van der Waals surface area (Å²) in [5.41, 5.74) is 2.81. The zero-order valence-corrected chi connectivity index (χ0v) is 11.5. The predicted octanol–water partition coefficient (Wildman–Crippen LogP) is 2.76. The number of rotatable bonds is 3. The molecular formula is C16H13BO2S. The highest BCUT2D eigenvalue weighted by atomic mass is 32.1. The summed E-state index contributed by atoms with van der Waals surface area (Å²) in [6, 6.07) is 21.8. The third-order valence-corrected chi connectivity index (χ3v) is 4.34. The van der Waals surface area contributed by atoms with Crippen molar-refractivity contribution in [2.45, 2.75) is 0 Å². The quantitative estimate of drug-likeness (QED) is 0.724. The van der Waals surface area contributed by atoms with Crippen LogP contribution in [0.25, 0.3) is 20.9 Å². The van der Waals surface area contributed by atoms with Gasteiger partial charge in [-0.3, -0.25) is 0 Å². The maximum absolute atomic E-state index is 9.10. The second kappa shape index (κ2) is 5.63. The highest BCUT2D eigenvalue weighted by Gasteiger charge is 2.11. The molecule has 98 valence electrons. The fraction of sp³-hybridized carbons (Fsp3) is 0. The van der Waals surface area contributed by atoms with Crippen LogP contribution in [0.5, 0.6) is 0 Å². The van der Waals surface area contributed by atoms with E-state index in [2.05, 4.69) is 24.3 Å². The van der Waals surface area contributed by atoms with Crippen LogP contribution in [0.15, 0.2) is 66.7 Å². The van der Waals surface area contributed by atoms with E-state index in [4.69, 9.17) is 10.0 Å². The van der Waals surface area contributed by atoms with Crippen LogP contribution in [-0.2, 0) is 0 Å². The number of hydrogen-bond donors (Lipinski definition) is 2. The van der Waals surface area contributed by atoms with Crippen molar-refractivity contribution >= 4 is 23.9 Å². The van der Waals surface area contributed by atoms with Gasteiger partial charge in [0.2, 0.25) is 0 Å². The van der Waals surface area contributed by atoms with E-state index < -0.39 is 7.12 Å². The van der Waals surface area contributed by atoms with Crippen LogP contribution in [0, 0.1) is 0 Å². The molecule has 3 rings (SSSR count). The first-order chi connectivity index (χ1) is 9.74. The Bertz CT molecular complexity index is 690. The van der Waals surface area contributed by atoms with Crippen LogP contribution >= 0.6 is 11.3 Å². The molecule has 0 aliphatic heterocycles. The van der Waals surface area contributed by atoms with Crippen molar-refractivity contribution < 1.29 is 10.0 Å². The average molecular weight is 280 g/mol. The van der Waals surface area contributed by atoms with Crippen LogP contribution in [0.2, 0.25) is 0 Å². The van der Waals surface area contributed by atoms with E-state index in [1.54, 1.807) is 23.5 Å². The van der Waals surface area contributed by atoms with E-state index in [0.29, 0.717) is 5.46 Å². The lowest BCUT2D eigenvalue weighted by Crippen LogP contribution is -2.29. The molecule has 0 radical (unpaired) electrons. The molecule has 2 nitrogen and oxygen atoms in total. The molecule has 0 aliphatic rings. The fourth-order valence-electron chi connectivity index (χ4n) is 2.07. The van der Waals surface area contributed by atoms with Crippen molar-refractivity contribution in [1.82, 2.24) is 0 Å². The zero-order chi connectivity index (χ0) is 13.9. The molecular weight excluding hydrogens is 267 g/mol. The Morgan fingerprint density at radius 1 is 0.650 bits per heavy atom. The summed E-state index contributed by atoms with van der Waals surface area (Å²) in [6.07, 6.45) is 0. The summed E-state index contributed by atoms with van der Waals surface area (Å²) in [5, 5.41) is 18.2. The molecule has 1 aromatic heterocycles. The van der Waals surface area contributed by atoms with Crippen LogP contribution in [0.4, 0.5) is 0 Å². The molecule has 0 bridgehead atoms. The van der Waals surface area contributed by atoms with Crippen molar-refractivity contribution in [3.63, 3.8) is 0 Å². The second-order valence-electron chi connectivity index (χ2n) is 4.53. The first kappa shape index (κ1) is 13.1. The van der Waals surface area contributed by atoms with E-state index in [1.807, 2.05) is 30.3 Å². The van der Waals surface area contributed by atoms with E-state index in [-0.39, 0.29) is 0 Å². The lowest BCUT2D eigenvalue weighted by atomic mass is 9.80. The Hall–Kier alpha value is -1.88. The molecule has 0 aliphatic carbocycles. The standard InChI is InChI=1S/C16H13BO2S/c18-17(19)14-8-6-13(7-9-14)16-11-10-15(20-16)12-4-2-1-3-5-12/h1-11,18-19H. The Labute approximate surface area is 122 Å². The normalized spacial score (nSPS) is 10.5. The molecule has 2 N–H and O–H groups in total. The monoisotopic (exact) mass is 280 g/mol. The Kier molecular flexibility index (Phi) is 3.69. The fourth-order valence-corrected chi connectivity index (χ4v) is 3.09. The van der Waals surface area contributed by atoms with Gasteiger partial charge in [-0.05, 0) is 28.7 Å². The second-order valence-corrected chi connectivity index (χ2v) is 5.61. The van der Waals surface area contributed by atoms with E-state index in [1.165, 1.54) is 15.3 Å². The van der Waals surface area contributed by atoms with Gasteiger partial charge >= 0.3 is 7.12 Å². The van der Waals surface area contributed by atoms with Crippen molar-refractivity contribution in [3.8, 4) is 20.9 Å². The first-order valence-corrected chi connectivity index (χ1v) is 7.17. The van der Waals surface area contributed by atoms with Crippen LogP contribution in [-0.4, -0.2) is 17.2 Å². The van der Waals surface area contributed by atoms with Gasteiger partial charge < -0.3 is 10.0 Å². The van der Waals surface area contributed by atoms with Crippen molar-refractivity contribution in [3.05, 3.63) is 66.7 Å². The molecule has 0 atom stereocenters. The first-order valence-electron chi connectivity index (χ1n) is 6.36. The summed E-state index contributed by atoms with van der Waals surface area (Å²) >= 11 is 1.73. The minimum absolute atomic E-state index is 0.508. The smallest absolute Gasteiger partial charge is 0.423 e. The highest BCUT2D eigenvalue weighted by molar-refractivity contribution is 7.18. The maximum atomic E-state index is 9.10. The minimum Gasteiger partial charge on any atom is -0.423 e. The Morgan fingerprint density at radius 2 is 1.20 bits per heavy atom. The van der Waals surface area contributed by atoms with Gasteiger partial charge in [0.25, 0.3) is 0 Å². The van der Waals surface area contributed by atoms with E-state index in [0.717, 1.165) is 5.56 Å². The zero-order valence-electron chi connectivity index (χ0n) is 10.7. The predicted molar refractivity (Wildman–Crippen MR) is 85.0 cm³/mol. The summed E-state index contributed by atoms with van der Waals surface area (Å²) in [7, 11) is -1.41. The highest BCUT2D eigenvalue weighted by Crippen LogP contribution is 2.33. The lowest BCUT2D eigenvalue weighted by molar-refractivity contribution is 0.426. The SMILES string of the molecule is OB(O)c1ccc(-c2ccc(-c3ccccc3)s2)cc1. The third kappa shape index (κ3) is 2.68. The number of hydrogen-bond acceptors (Lipinski definition) is 3. The summed E-state index contributed by atoms with van der Waals surface area (Å²) in [5.74, 6) is 0. The molecule has 1 heterocycles. The topological polar surface area (TPSA) is 40.5 Å². The summed E-state index contributed by atoms with van der Waals surface area (Å²) in [4.78, 5) is 2.40. The molecule has 3 aromatic rings. The van der Waals surface area contributed by atoms with Gasteiger partial charge in [0.15, 0.2) is 0 Å². The van der Waals surface area contributed by atoms with Crippen LogP contribution < -0.4 is 5.46 Å². The van der Waals surface area contributed by atoms with Crippen molar-refractivity contribution in [2.75, 3.05) is 0 Å². The summed E-state index contributed by atoms with van der Waals surface area (Å²) in [6.45, 7) is 0. The van der Waals surface area contributed by atoms with Gasteiger partial charge in [-0.1, -0.05) is 54.6 Å². The molecule has 0 saturated heterocycles. The number of thiophene rings is 1. The Morgan fingerprint density at radius 3 is 1.75 bits per heavy atom. The van der Waals surface area contributed by atoms with Gasteiger partial charge in [0.05, 0.1) is 0 Å². The number of benzene rings is 2. The molecule has 4 heteroatoms. The molecule has 0 fully saturated rings. The van der Waals surface area contributed by atoms with Gasteiger partial charge in [0, 0.05) is 9.75 Å². The molecule has 0 spiro atoms. The van der Waals surface area contributed by atoms with E-state index in [9.17, 15) is 0 Å². The van der Waals surface area contributed by atoms with Crippen molar-refractivity contribution in [2.24, 2.45) is 0 Å². The van der Waals surface area contributed by atoms with Crippen molar-refractivity contribution in [1.29, 1.82) is 0 Å². The average Bonchev–Trinajstić information content (AvgIpc) is 2.98. The minimum atomic E-state index is -1.41. The summed E-state index contributed by atoms with van der Waals surface area (Å²) < 4.78 is 0. The van der Waals surface area contributed by atoms with E-state index >= 15 is 0 Å². The Balaban J connectivity index is 1.90. The molecule has 2 aromatic carbocycles.